The lowest BCUT2D eigenvalue weighted by Crippen LogP contribution is -2.43. The zero-order chi connectivity index (χ0) is 17.9. The summed E-state index contributed by atoms with van der Waals surface area (Å²) in [7, 11) is 1.71. The van der Waals surface area contributed by atoms with Crippen LogP contribution in [0.1, 0.15) is 37.3 Å². The van der Waals surface area contributed by atoms with Gasteiger partial charge in [-0.25, -0.2) is 0 Å². The molecule has 0 unspecified atom stereocenters. The number of likely N-dealkylation sites (tertiary alicyclic amines) is 1. The molecule has 26 heavy (non-hydrogen) atoms. The summed E-state index contributed by atoms with van der Waals surface area (Å²) >= 11 is 0. The number of hydrogen-bond donors (Lipinski definition) is 3. The van der Waals surface area contributed by atoms with Gasteiger partial charge in [0.1, 0.15) is 0 Å². The second-order valence-electron chi connectivity index (χ2n) is 6.43. The summed E-state index contributed by atoms with van der Waals surface area (Å²) in [5.74, 6) is 0.615. The van der Waals surface area contributed by atoms with Gasteiger partial charge in [-0.3, -0.25) is 14.7 Å². The van der Waals surface area contributed by atoms with E-state index in [2.05, 4.69) is 50.1 Å². The summed E-state index contributed by atoms with van der Waals surface area (Å²) in [6, 6.07) is 8.70. The number of nitrogens with zero attached hydrogens (tertiary/aromatic N) is 2. The molecule has 2 rings (SSSR count). The first kappa shape index (κ1) is 22.7. The van der Waals surface area contributed by atoms with Gasteiger partial charge in [0.15, 0.2) is 5.96 Å². The van der Waals surface area contributed by atoms with Gasteiger partial charge in [-0.05, 0) is 43.5 Å². The number of rotatable bonds is 8. The average molecular weight is 473 g/mol. The van der Waals surface area contributed by atoms with Gasteiger partial charge in [0, 0.05) is 26.7 Å². The second-order valence-corrected chi connectivity index (χ2v) is 6.43. The lowest BCUT2D eigenvalue weighted by atomic mass is 10.1. The number of aliphatic imine (C=N–C) groups is 1. The van der Waals surface area contributed by atoms with Crippen molar-refractivity contribution in [3.05, 3.63) is 35.4 Å². The number of halogens is 1. The van der Waals surface area contributed by atoms with Crippen LogP contribution in [0.4, 0.5) is 0 Å². The van der Waals surface area contributed by atoms with E-state index < -0.39 is 0 Å². The van der Waals surface area contributed by atoms with Crippen LogP contribution in [0.15, 0.2) is 29.3 Å². The summed E-state index contributed by atoms with van der Waals surface area (Å²) in [5, 5.41) is 9.10. The van der Waals surface area contributed by atoms with E-state index in [1.54, 1.807) is 7.05 Å². The molecule has 1 fully saturated rings. The highest BCUT2D eigenvalue weighted by Gasteiger charge is 2.11. The van der Waals surface area contributed by atoms with E-state index in [1.165, 1.54) is 37.1 Å². The van der Waals surface area contributed by atoms with Crippen molar-refractivity contribution in [1.29, 1.82) is 0 Å². The van der Waals surface area contributed by atoms with Crippen molar-refractivity contribution in [2.75, 3.05) is 33.2 Å². The zero-order valence-corrected chi connectivity index (χ0v) is 18.2. The molecule has 0 spiro atoms. The molecular formula is C19H32IN5O. The molecule has 0 bridgehead atoms. The topological polar surface area (TPSA) is 68.8 Å². The van der Waals surface area contributed by atoms with Crippen LogP contribution in [0, 0.1) is 0 Å². The zero-order valence-electron chi connectivity index (χ0n) is 15.9. The fourth-order valence-electron chi connectivity index (χ4n) is 2.86. The molecule has 1 aromatic carbocycles. The fraction of sp³-hybridized carbons (Fsp3) is 0.579. The molecule has 1 aromatic rings. The molecule has 0 atom stereocenters. The highest BCUT2D eigenvalue weighted by Crippen LogP contribution is 2.13. The fourth-order valence-corrected chi connectivity index (χ4v) is 2.86. The molecule has 6 nitrogen and oxygen atoms in total. The molecule has 1 amide bonds. The van der Waals surface area contributed by atoms with Gasteiger partial charge < -0.3 is 16.0 Å². The SMILES string of the molecule is CCCNC(=O)CNC(=NC)NCc1ccc(CN2CCCC2)cc1.I. The maximum Gasteiger partial charge on any atom is 0.239 e. The molecule has 0 radical (unpaired) electrons. The van der Waals surface area contributed by atoms with Crippen molar-refractivity contribution in [3.8, 4) is 0 Å². The minimum atomic E-state index is -0.0175. The van der Waals surface area contributed by atoms with E-state index in [-0.39, 0.29) is 36.4 Å². The van der Waals surface area contributed by atoms with E-state index in [0.717, 1.165) is 13.0 Å². The van der Waals surface area contributed by atoms with Gasteiger partial charge >= 0.3 is 0 Å². The van der Waals surface area contributed by atoms with E-state index >= 15 is 0 Å². The molecule has 0 saturated carbocycles. The Hall–Kier alpha value is -1.35. The number of amides is 1. The largest absolute Gasteiger partial charge is 0.355 e. The maximum atomic E-state index is 11.6. The van der Waals surface area contributed by atoms with Crippen molar-refractivity contribution < 1.29 is 4.79 Å². The molecule has 1 aliphatic rings. The molecule has 0 aromatic heterocycles. The monoisotopic (exact) mass is 473 g/mol. The molecule has 146 valence electrons. The summed E-state index contributed by atoms with van der Waals surface area (Å²) in [6.45, 7) is 7.13. The van der Waals surface area contributed by atoms with Crippen LogP contribution in [0.25, 0.3) is 0 Å². The normalized spacial score (nSPS) is 14.6. The van der Waals surface area contributed by atoms with E-state index in [0.29, 0.717) is 19.0 Å². The van der Waals surface area contributed by atoms with Gasteiger partial charge in [-0.2, -0.15) is 0 Å². The van der Waals surface area contributed by atoms with Gasteiger partial charge in [-0.15, -0.1) is 24.0 Å². The van der Waals surface area contributed by atoms with Crippen LogP contribution < -0.4 is 16.0 Å². The van der Waals surface area contributed by atoms with Crippen molar-refractivity contribution in [3.63, 3.8) is 0 Å². The van der Waals surface area contributed by atoms with Gasteiger partial charge in [-0.1, -0.05) is 31.2 Å². The first-order valence-electron chi connectivity index (χ1n) is 9.22. The van der Waals surface area contributed by atoms with Crippen LogP contribution in [-0.4, -0.2) is 50.0 Å². The summed E-state index contributed by atoms with van der Waals surface area (Å²) in [5.41, 5.74) is 2.56. The number of nitrogens with one attached hydrogen (secondary N) is 3. The first-order valence-corrected chi connectivity index (χ1v) is 9.22. The first-order chi connectivity index (χ1) is 12.2. The van der Waals surface area contributed by atoms with Gasteiger partial charge in [0.2, 0.25) is 5.91 Å². The quantitative estimate of drug-likeness (QED) is 0.307. The third-order valence-electron chi connectivity index (χ3n) is 4.30. The van der Waals surface area contributed by atoms with Crippen LogP contribution in [-0.2, 0) is 17.9 Å². The van der Waals surface area contributed by atoms with E-state index in [9.17, 15) is 4.79 Å². The average Bonchev–Trinajstić information content (AvgIpc) is 3.14. The number of guanidine groups is 1. The molecular weight excluding hydrogens is 441 g/mol. The Morgan fingerprint density at radius 1 is 1.08 bits per heavy atom. The molecule has 1 aliphatic heterocycles. The maximum absolute atomic E-state index is 11.6. The Kier molecular flexibility index (Phi) is 11.3. The lowest BCUT2D eigenvalue weighted by molar-refractivity contribution is -0.120. The predicted molar refractivity (Wildman–Crippen MR) is 118 cm³/mol. The third-order valence-corrected chi connectivity index (χ3v) is 4.30. The number of benzene rings is 1. The number of hydrogen-bond acceptors (Lipinski definition) is 3. The molecule has 0 aliphatic carbocycles. The standard InChI is InChI=1S/C19H31N5O.HI/c1-3-10-21-18(25)14-23-19(20-2)22-13-16-6-8-17(9-7-16)15-24-11-4-5-12-24;/h6-9H,3-5,10-15H2,1-2H3,(H,21,25)(H2,20,22,23);1H. The minimum absolute atomic E-state index is 0. The van der Waals surface area contributed by atoms with Crippen LogP contribution >= 0.6 is 24.0 Å². The Morgan fingerprint density at radius 2 is 1.73 bits per heavy atom. The van der Waals surface area contributed by atoms with E-state index in [4.69, 9.17) is 0 Å². The smallest absolute Gasteiger partial charge is 0.239 e. The highest BCUT2D eigenvalue weighted by atomic mass is 127. The summed E-state index contributed by atoms with van der Waals surface area (Å²) in [4.78, 5) is 18.3. The highest BCUT2D eigenvalue weighted by molar-refractivity contribution is 14.0. The summed E-state index contributed by atoms with van der Waals surface area (Å²) in [6.07, 6.45) is 3.58. The molecule has 7 heteroatoms. The third kappa shape index (κ3) is 8.35. The number of carbonyl (C=O) groups is 1. The van der Waals surface area contributed by atoms with Crippen molar-refractivity contribution in [1.82, 2.24) is 20.9 Å². The van der Waals surface area contributed by atoms with Crippen molar-refractivity contribution in [2.45, 2.75) is 39.3 Å². The predicted octanol–water partition coefficient (Wildman–Crippen LogP) is 2.09. The van der Waals surface area contributed by atoms with Crippen LogP contribution in [0.3, 0.4) is 0 Å². The Bertz CT molecular complexity index is 556. The lowest BCUT2D eigenvalue weighted by Gasteiger charge is -2.15. The number of carbonyl (C=O) groups excluding carboxylic acids is 1. The Balaban J connectivity index is 0.00000338. The van der Waals surface area contributed by atoms with Gasteiger partial charge in [0.25, 0.3) is 0 Å². The Morgan fingerprint density at radius 3 is 2.35 bits per heavy atom. The van der Waals surface area contributed by atoms with Crippen LogP contribution in [0.2, 0.25) is 0 Å². The molecule has 1 saturated heterocycles. The van der Waals surface area contributed by atoms with Gasteiger partial charge in [0.05, 0.1) is 6.54 Å². The second kappa shape index (κ2) is 12.9. The summed E-state index contributed by atoms with van der Waals surface area (Å²) < 4.78 is 0. The molecule has 3 N–H and O–H groups in total. The minimum Gasteiger partial charge on any atom is -0.355 e. The van der Waals surface area contributed by atoms with E-state index in [1.807, 2.05) is 6.92 Å². The van der Waals surface area contributed by atoms with Crippen molar-refractivity contribution >= 4 is 35.8 Å². The molecule has 1 heterocycles. The van der Waals surface area contributed by atoms with Crippen molar-refractivity contribution in [2.24, 2.45) is 4.99 Å². The Labute approximate surface area is 174 Å². The van der Waals surface area contributed by atoms with Crippen LogP contribution in [0.5, 0.6) is 0 Å².